The van der Waals surface area contributed by atoms with Gasteiger partial charge in [0.25, 0.3) is 0 Å². The van der Waals surface area contributed by atoms with Gasteiger partial charge in [-0.15, -0.1) is 0 Å². The summed E-state index contributed by atoms with van der Waals surface area (Å²) in [4.78, 5) is 11.4. The highest BCUT2D eigenvalue weighted by atomic mass is 35.5. The van der Waals surface area contributed by atoms with Crippen molar-refractivity contribution in [2.45, 2.75) is 13.0 Å². The molecule has 6 nitrogen and oxygen atoms in total. The van der Waals surface area contributed by atoms with Crippen molar-refractivity contribution in [3.8, 4) is 11.3 Å². The molecule has 4 rings (SSSR count). The van der Waals surface area contributed by atoms with E-state index < -0.39 is 0 Å². The van der Waals surface area contributed by atoms with E-state index in [-0.39, 0.29) is 0 Å². The molecule has 1 unspecified atom stereocenters. The SMILES string of the molecule is CC1CN(c2cnc3c(-c4cccc(Cl)c4Cl)[nH]nc3n2)CCN1. The maximum atomic E-state index is 6.31. The molecule has 0 radical (unpaired) electrons. The molecule has 24 heavy (non-hydrogen) atoms. The topological polar surface area (TPSA) is 69.7 Å². The summed E-state index contributed by atoms with van der Waals surface area (Å²) in [5, 5.41) is 11.7. The van der Waals surface area contributed by atoms with Gasteiger partial charge in [0.2, 0.25) is 5.65 Å². The van der Waals surface area contributed by atoms with Crippen molar-refractivity contribution in [3.05, 3.63) is 34.4 Å². The van der Waals surface area contributed by atoms with Crippen LogP contribution in [0.25, 0.3) is 22.4 Å². The molecule has 1 aliphatic rings. The van der Waals surface area contributed by atoms with E-state index in [1.165, 1.54) is 0 Å². The lowest BCUT2D eigenvalue weighted by Crippen LogP contribution is -2.49. The zero-order chi connectivity index (χ0) is 16.7. The molecule has 0 bridgehead atoms. The van der Waals surface area contributed by atoms with E-state index in [9.17, 15) is 0 Å². The van der Waals surface area contributed by atoms with Crippen molar-refractivity contribution in [2.75, 3.05) is 24.5 Å². The molecule has 1 fully saturated rings. The standard InChI is InChI=1S/C16H16Cl2N6/c1-9-8-24(6-5-19-9)12-7-20-15-14(22-23-16(15)21-12)10-3-2-4-11(17)13(10)18/h2-4,7,9,19H,5-6,8H2,1H3,(H,21,22,23). The Balaban J connectivity index is 1.74. The number of rotatable bonds is 2. The number of hydrogen-bond donors (Lipinski definition) is 2. The Morgan fingerprint density at radius 1 is 1.29 bits per heavy atom. The molecule has 0 spiro atoms. The summed E-state index contributed by atoms with van der Waals surface area (Å²) in [6.45, 7) is 4.90. The zero-order valence-electron chi connectivity index (χ0n) is 13.1. The number of anilines is 1. The fourth-order valence-electron chi connectivity index (χ4n) is 2.96. The minimum atomic E-state index is 0.427. The minimum Gasteiger partial charge on any atom is -0.352 e. The van der Waals surface area contributed by atoms with Gasteiger partial charge < -0.3 is 10.2 Å². The summed E-state index contributed by atoms with van der Waals surface area (Å²) in [5.74, 6) is 0.839. The highest BCUT2D eigenvalue weighted by molar-refractivity contribution is 6.43. The number of aromatic nitrogens is 4. The maximum absolute atomic E-state index is 6.31. The Morgan fingerprint density at radius 3 is 3.00 bits per heavy atom. The Kier molecular flexibility index (Phi) is 4.04. The van der Waals surface area contributed by atoms with E-state index in [0.717, 1.165) is 36.7 Å². The third-order valence-corrected chi connectivity index (χ3v) is 4.98. The van der Waals surface area contributed by atoms with Gasteiger partial charge in [-0.2, -0.15) is 5.10 Å². The number of H-pyrrole nitrogens is 1. The van der Waals surface area contributed by atoms with Crippen molar-refractivity contribution < 1.29 is 0 Å². The number of hydrogen-bond acceptors (Lipinski definition) is 5. The van der Waals surface area contributed by atoms with Crippen molar-refractivity contribution in [1.29, 1.82) is 0 Å². The highest BCUT2D eigenvalue weighted by Crippen LogP contribution is 2.35. The second-order valence-electron chi connectivity index (χ2n) is 5.90. The number of halogens is 2. The van der Waals surface area contributed by atoms with E-state index in [4.69, 9.17) is 23.2 Å². The Hall–Kier alpha value is -1.89. The second kappa shape index (κ2) is 6.20. The summed E-state index contributed by atoms with van der Waals surface area (Å²) >= 11 is 12.4. The number of nitrogens with zero attached hydrogens (tertiary/aromatic N) is 4. The first-order valence-electron chi connectivity index (χ1n) is 7.77. The molecule has 0 aliphatic carbocycles. The molecule has 1 aromatic carbocycles. The molecule has 2 aromatic heterocycles. The van der Waals surface area contributed by atoms with Gasteiger partial charge in [-0.25, -0.2) is 9.97 Å². The van der Waals surface area contributed by atoms with Gasteiger partial charge in [0.15, 0.2) is 0 Å². The van der Waals surface area contributed by atoms with Crippen LogP contribution >= 0.6 is 23.2 Å². The molecule has 124 valence electrons. The van der Waals surface area contributed by atoms with Crippen LogP contribution < -0.4 is 10.2 Å². The average molecular weight is 363 g/mol. The molecule has 3 aromatic rings. The van der Waals surface area contributed by atoms with E-state index >= 15 is 0 Å². The van der Waals surface area contributed by atoms with Crippen LogP contribution in [0.5, 0.6) is 0 Å². The highest BCUT2D eigenvalue weighted by Gasteiger charge is 2.20. The summed E-state index contributed by atoms with van der Waals surface area (Å²) in [6.07, 6.45) is 1.79. The number of aromatic amines is 1. The van der Waals surface area contributed by atoms with Gasteiger partial charge in [0.1, 0.15) is 11.3 Å². The van der Waals surface area contributed by atoms with Gasteiger partial charge >= 0.3 is 0 Å². The summed E-state index contributed by atoms with van der Waals surface area (Å²) in [5.41, 5.74) is 2.76. The van der Waals surface area contributed by atoms with Crippen LogP contribution in [-0.4, -0.2) is 45.8 Å². The number of benzene rings is 1. The largest absolute Gasteiger partial charge is 0.352 e. The van der Waals surface area contributed by atoms with Gasteiger partial charge in [-0.05, 0) is 13.0 Å². The van der Waals surface area contributed by atoms with Crippen LogP contribution in [-0.2, 0) is 0 Å². The van der Waals surface area contributed by atoms with Gasteiger partial charge in [0.05, 0.1) is 21.9 Å². The summed E-state index contributed by atoms with van der Waals surface area (Å²) < 4.78 is 0. The van der Waals surface area contributed by atoms with E-state index in [1.807, 2.05) is 12.1 Å². The Labute approximate surface area is 149 Å². The number of piperazine rings is 1. The molecular formula is C16H16Cl2N6. The van der Waals surface area contributed by atoms with Gasteiger partial charge in [0, 0.05) is 31.2 Å². The van der Waals surface area contributed by atoms with Crippen LogP contribution in [0.1, 0.15) is 6.92 Å². The Morgan fingerprint density at radius 2 is 2.17 bits per heavy atom. The fraction of sp³-hybridized carbons (Fsp3) is 0.312. The minimum absolute atomic E-state index is 0.427. The zero-order valence-corrected chi connectivity index (χ0v) is 14.6. The first-order valence-corrected chi connectivity index (χ1v) is 8.53. The lowest BCUT2D eigenvalue weighted by Gasteiger charge is -2.32. The maximum Gasteiger partial charge on any atom is 0.202 e. The van der Waals surface area contributed by atoms with Crippen molar-refractivity contribution in [2.24, 2.45) is 0 Å². The summed E-state index contributed by atoms with van der Waals surface area (Å²) in [7, 11) is 0. The van der Waals surface area contributed by atoms with Crippen molar-refractivity contribution in [3.63, 3.8) is 0 Å². The first-order chi connectivity index (χ1) is 11.6. The molecule has 2 N–H and O–H groups in total. The smallest absolute Gasteiger partial charge is 0.202 e. The fourth-order valence-corrected chi connectivity index (χ4v) is 3.36. The first kappa shape index (κ1) is 15.6. The van der Waals surface area contributed by atoms with Crippen LogP contribution in [0.2, 0.25) is 10.0 Å². The average Bonchev–Trinajstić information content (AvgIpc) is 3.00. The molecule has 0 saturated carbocycles. The molecule has 1 saturated heterocycles. The second-order valence-corrected chi connectivity index (χ2v) is 6.69. The molecule has 0 amide bonds. The monoisotopic (exact) mass is 362 g/mol. The number of fused-ring (bicyclic) bond motifs is 1. The van der Waals surface area contributed by atoms with Crippen molar-refractivity contribution >= 4 is 40.2 Å². The van der Waals surface area contributed by atoms with Crippen LogP contribution in [0.3, 0.4) is 0 Å². The molecule has 8 heteroatoms. The predicted octanol–water partition coefficient (Wildman–Crippen LogP) is 3.12. The van der Waals surface area contributed by atoms with E-state index in [2.05, 4.69) is 37.3 Å². The Bertz CT molecular complexity index is 893. The quantitative estimate of drug-likeness (QED) is 0.732. The lowest BCUT2D eigenvalue weighted by atomic mass is 10.1. The summed E-state index contributed by atoms with van der Waals surface area (Å²) in [6, 6.07) is 5.91. The van der Waals surface area contributed by atoms with Gasteiger partial charge in [-0.1, -0.05) is 35.3 Å². The van der Waals surface area contributed by atoms with Gasteiger partial charge in [-0.3, -0.25) is 5.10 Å². The number of nitrogens with one attached hydrogen (secondary N) is 2. The van der Waals surface area contributed by atoms with Crippen LogP contribution in [0.15, 0.2) is 24.4 Å². The molecule has 3 heterocycles. The molecule has 1 aliphatic heterocycles. The van der Waals surface area contributed by atoms with E-state index in [0.29, 0.717) is 27.3 Å². The van der Waals surface area contributed by atoms with E-state index in [1.54, 1.807) is 12.3 Å². The predicted molar refractivity (Wildman–Crippen MR) is 96.8 cm³/mol. The van der Waals surface area contributed by atoms with Crippen LogP contribution in [0, 0.1) is 0 Å². The third-order valence-electron chi connectivity index (χ3n) is 4.17. The van der Waals surface area contributed by atoms with Crippen LogP contribution in [0.4, 0.5) is 5.82 Å². The normalized spacial score (nSPS) is 18.3. The molecular weight excluding hydrogens is 347 g/mol. The molecule has 1 atom stereocenters. The third kappa shape index (κ3) is 2.70. The lowest BCUT2D eigenvalue weighted by molar-refractivity contribution is 0.482. The van der Waals surface area contributed by atoms with Crippen molar-refractivity contribution in [1.82, 2.24) is 25.5 Å².